The van der Waals surface area contributed by atoms with Crippen molar-refractivity contribution < 1.29 is 4.74 Å². The van der Waals surface area contributed by atoms with Gasteiger partial charge in [0.15, 0.2) is 11.6 Å². The van der Waals surface area contributed by atoms with Crippen LogP contribution in [0, 0.1) is 0 Å². The lowest BCUT2D eigenvalue weighted by molar-refractivity contribution is 0.487. The third kappa shape index (κ3) is 4.12. The molecule has 0 fully saturated rings. The number of para-hydroxylation sites is 1. The monoisotopic (exact) mass is 527 g/mol. The van der Waals surface area contributed by atoms with Gasteiger partial charge < -0.3 is 4.74 Å². The molecule has 1 aromatic heterocycles. The zero-order valence-electron chi connectivity index (χ0n) is 22.2. The Morgan fingerprint density at radius 3 is 2.20 bits per heavy atom. The van der Waals surface area contributed by atoms with E-state index in [2.05, 4.69) is 91.0 Å². The van der Waals surface area contributed by atoms with Crippen molar-refractivity contribution in [1.82, 2.24) is 15.0 Å². The molecule has 4 nitrogen and oxygen atoms in total. The number of rotatable bonds is 4. The van der Waals surface area contributed by atoms with E-state index in [1.807, 2.05) is 42.5 Å². The van der Waals surface area contributed by atoms with Crippen molar-refractivity contribution in [3.05, 3.63) is 139 Å². The minimum Gasteiger partial charge on any atom is -0.456 e. The van der Waals surface area contributed by atoms with E-state index in [1.165, 1.54) is 5.56 Å². The maximum Gasteiger partial charge on any atom is 0.163 e. The first-order valence-corrected chi connectivity index (χ1v) is 13.9. The molecule has 2 aliphatic rings. The Bertz CT molecular complexity index is 2010. The molecule has 2 heterocycles. The number of benzene rings is 5. The standard InChI is InChI=1S/C37H25N3O/c1-3-11-24(12-4-1)35-38-36(25-13-5-2-6-14-25)40-37(39-35)27-16-9-15-26(23-27)28-21-22-33-34-30(28)18-10-19-31(34)29-17-7-8-20-32(29)41-33/h1-13,15-23,25H,14H2. The SMILES string of the molecule is C1=CCC(c2nc(-c3ccccc3)nc(-c3cccc(-c4ccc5c6c(cccc46)-c4ccccc4O5)c3)n2)C=C1. The maximum absolute atomic E-state index is 6.32. The molecule has 41 heavy (non-hydrogen) atoms. The number of nitrogens with zero attached hydrogens (tertiary/aromatic N) is 3. The molecule has 0 N–H and O–H groups in total. The van der Waals surface area contributed by atoms with Gasteiger partial charge in [0.05, 0.1) is 0 Å². The highest BCUT2D eigenvalue weighted by molar-refractivity contribution is 6.10. The third-order valence-corrected chi connectivity index (χ3v) is 7.83. The van der Waals surface area contributed by atoms with Crippen LogP contribution in [0.25, 0.3) is 55.8 Å². The van der Waals surface area contributed by atoms with Crippen molar-refractivity contribution in [2.45, 2.75) is 12.3 Å². The lowest BCUT2D eigenvalue weighted by atomic mass is 9.90. The van der Waals surface area contributed by atoms with E-state index in [-0.39, 0.29) is 5.92 Å². The molecular weight excluding hydrogens is 502 g/mol. The van der Waals surface area contributed by atoms with Gasteiger partial charge >= 0.3 is 0 Å². The van der Waals surface area contributed by atoms with Crippen molar-refractivity contribution in [3.63, 3.8) is 0 Å². The highest BCUT2D eigenvalue weighted by atomic mass is 16.5. The van der Waals surface area contributed by atoms with Crippen LogP contribution in [0.15, 0.2) is 133 Å². The summed E-state index contributed by atoms with van der Waals surface area (Å²) < 4.78 is 6.32. The van der Waals surface area contributed by atoms with Crippen LogP contribution >= 0.6 is 0 Å². The number of hydrogen-bond donors (Lipinski definition) is 0. The molecule has 5 aromatic carbocycles. The lowest BCUT2D eigenvalue weighted by Gasteiger charge is -2.22. The van der Waals surface area contributed by atoms with Gasteiger partial charge in [-0.3, -0.25) is 0 Å². The van der Waals surface area contributed by atoms with Crippen molar-refractivity contribution in [2.24, 2.45) is 0 Å². The van der Waals surface area contributed by atoms with Gasteiger partial charge in [-0.2, -0.15) is 0 Å². The highest BCUT2D eigenvalue weighted by Crippen LogP contribution is 2.48. The summed E-state index contributed by atoms with van der Waals surface area (Å²) in [6, 6.07) is 37.6. The molecular formula is C37H25N3O. The molecule has 1 aliphatic carbocycles. The summed E-state index contributed by atoms with van der Waals surface area (Å²) in [4.78, 5) is 14.9. The molecule has 1 unspecified atom stereocenters. The number of aromatic nitrogens is 3. The second-order valence-corrected chi connectivity index (χ2v) is 10.4. The maximum atomic E-state index is 6.32. The second kappa shape index (κ2) is 9.68. The Morgan fingerprint density at radius 1 is 0.561 bits per heavy atom. The fourth-order valence-corrected chi connectivity index (χ4v) is 5.83. The average molecular weight is 528 g/mol. The summed E-state index contributed by atoms with van der Waals surface area (Å²) in [7, 11) is 0. The van der Waals surface area contributed by atoms with Gasteiger partial charge in [0, 0.05) is 28.0 Å². The summed E-state index contributed by atoms with van der Waals surface area (Å²) in [5.41, 5.74) is 6.51. The minimum atomic E-state index is 0.121. The molecule has 0 saturated heterocycles. The van der Waals surface area contributed by atoms with Crippen molar-refractivity contribution in [3.8, 4) is 56.5 Å². The van der Waals surface area contributed by atoms with Gasteiger partial charge in [-0.15, -0.1) is 0 Å². The van der Waals surface area contributed by atoms with Gasteiger partial charge in [0.2, 0.25) is 0 Å². The van der Waals surface area contributed by atoms with Crippen LogP contribution in [0.1, 0.15) is 18.2 Å². The Morgan fingerprint density at radius 2 is 1.32 bits per heavy atom. The van der Waals surface area contributed by atoms with Crippen LogP contribution in [0.5, 0.6) is 11.5 Å². The van der Waals surface area contributed by atoms with Crippen molar-refractivity contribution >= 4 is 10.8 Å². The number of allylic oxidation sites excluding steroid dienone is 4. The lowest BCUT2D eigenvalue weighted by Crippen LogP contribution is -2.07. The molecule has 194 valence electrons. The van der Waals surface area contributed by atoms with Crippen LogP contribution < -0.4 is 4.74 Å². The molecule has 0 amide bonds. The predicted octanol–water partition coefficient (Wildman–Crippen LogP) is 9.40. The van der Waals surface area contributed by atoms with E-state index < -0.39 is 0 Å². The zero-order chi connectivity index (χ0) is 27.2. The summed E-state index contributed by atoms with van der Waals surface area (Å²) in [5, 5.41) is 2.30. The fraction of sp³-hybridized carbons (Fsp3) is 0.0541. The molecule has 0 spiro atoms. The third-order valence-electron chi connectivity index (χ3n) is 7.83. The van der Waals surface area contributed by atoms with E-state index in [4.69, 9.17) is 19.7 Å². The van der Waals surface area contributed by atoms with Crippen LogP contribution in [0.4, 0.5) is 0 Å². The van der Waals surface area contributed by atoms with Gasteiger partial charge in [-0.1, -0.05) is 115 Å². The Labute approximate surface area is 238 Å². The molecule has 0 saturated carbocycles. The van der Waals surface area contributed by atoms with Gasteiger partial charge in [-0.05, 0) is 46.7 Å². The van der Waals surface area contributed by atoms with Crippen LogP contribution in [-0.2, 0) is 0 Å². The van der Waals surface area contributed by atoms with Crippen molar-refractivity contribution in [1.29, 1.82) is 0 Å². The first-order valence-electron chi connectivity index (χ1n) is 13.9. The Kier molecular flexibility index (Phi) is 5.56. The smallest absolute Gasteiger partial charge is 0.163 e. The van der Waals surface area contributed by atoms with E-state index in [9.17, 15) is 0 Å². The van der Waals surface area contributed by atoms with Gasteiger partial charge in [0.1, 0.15) is 17.3 Å². The number of hydrogen-bond acceptors (Lipinski definition) is 4. The number of fused-ring (bicyclic) bond motifs is 2. The van der Waals surface area contributed by atoms with Gasteiger partial charge in [0.25, 0.3) is 0 Å². The topological polar surface area (TPSA) is 47.9 Å². The van der Waals surface area contributed by atoms with E-state index in [0.717, 1.165) is 62.3 Å². The van der Waals surface area contributed by atoms with Crippen LogP contribution in [0.2, 0.25) is 0 Å². The molecule has 6 aromatic rings. The van der Waals surface area contributed by atoms with Crippen LogP contribution in [-0.4, -0.2) is 15.0 Å². The minimum absolute atomic E-state index is 0.121. The average Bonchev–Trinajstić information content (AvgIpc) is 3.06. The van der Waals surface area contributed by atoms with Gasteiger partial charge in [-0.25, -0.2) is 15.0 Å². The first-order chi connectivity index (χ1) is 20.3. The van der Waals surface area contributed by atoms with Crippen molar-refractivity contribution in [2.75, 3.05) is 0 Å². The predicted molar refractivity (Wildman–Crippen MR) is 165 cm³/mol. The number of ether oxygens (including phenoxy) is 1. The first kappa shape index (κ1) is 23.5. The molecule has 8 rings (SSSR count). The largest absolute Gasteiger partial charge is 0.456 e. The summed E-state index contributed by atoms with van der Waals surface area (Å²) in [6.07, 6.45) is 9.35. The fourth-order valence-electron chi connectivity index (χ4n) is 5.83. The molecule has 0 bridgehead atoms. The molecule has 1 aliphatic heterocycles. The Hall–Kier alpha value is -5.35. The summed E-state index contributed by atoms with van der Waals surface area (Å²) >= 11 is 0. The molecule has 0 radical (unpaired) electrons. The summed E-state index contributed by atoms with van der Waals surface area (Å²) in [5.74, 6) is 4.06. The second-order valence-electron chi connectivity index (χ2n) is 10.4. The summed E-state index contributed by atoms with van der Waals surface area (Å²) in [6.45, 7) is 0. The van der Waals surface area contributed by atoms with Crippen LogP contribution in [0.3, 0.4) is 0 Å². The molecule has 4 heteroatoms. The Balaban J connectivity index is 1.27. The highest BCUT2D eigenvalue weighted by Gasteiger charge is 2.22. The van der Waals surface area contributed by atoms with E-state index in [0.29, 0.717) is 11.6 Å². The zero-order valence-corrected chi connectivity index (χ0v) is 22.2. The molecule has 1 atom stereocenters. The van der Waals surface area contributed by atoms with E-state index >= 15 is 0 Å². The van der Waals surface area contributed by atoms with E-state index in [1.54, 1.807) is 0 Å². The normalized spacial score (nSPS) is 15.0. The quantitative estimate of drug-likeness (QED) is 0.229.